The van der Waals surface area contributed by atoms with E-state index in [9.17, 15) is 4.79 Å². The summed E-state index contributed by atoms with van der Waals surface area (Å²) in [6, 6.07) is 0. The van der Waals surface area contributed by atoms with Crippen molar-refractivity contribution in [1.29, 1.82) is 0 Å². The Morgan fingerprint density at radius 3 is 2.89 bits per heavy atom. The zero-order valence-corrected chi connectivity index (χ0v) is 14.0. The summed E-state index contributed by atoms with van der Waals surface area (Å²) in [7, 11) is 0. The summed E-state index contributed by atoms with van der Waals surface area (Å²) in [6.45, 7) is 8.20. The van der Waals surface area contributed by atoms with Crippen LogP contribution >= 0.6 is 35.3 Å². The van der Waals surface area contributed by atoms with E-state index in [1.807, 2.05) is 23.6 Å². The van der Waals surface area contributed by atoms with E-state index in [-0.39, 0.29) is 5.91 Å². The van der Waals surface area contributed by atoms with Crippen LogP contribution in [0.15, 0.2) is 0 Å². The molecular weight excluding hydrogens is 296 g/mol. The van der Waals surface area contributed by atoms with Crippen molar-refractivity contribution in [3.05, 3.63) is 14.5 Å². The zero-order chi connectivity index (χ0) is 14.0. The van der Waals surface area contributed by atoms with Gasteiger partial charge < -0.3 is 9.88 Å². The maximum atomic E-state index is 12.4. The fourth-order valence-corrected chi connectivity index (χ4v) is 4.74. The van der Waals surface area contributed by atoms with Crippen LogP contribution in [-0.2, 0) is 11.2 Å². The van der Waals surface area contributed by atoms with Crippen molar-refractivity contribution in [2.24, 2.45) is 5.92 Å². The Labute approximate surface area is 127 Å². The molecule has 0 saturated carbocycles. The molecule has 2 heterocycles. The van der Waals surface area contributed by atoms with E-state index >= 15 is 0 Å². The summed E-state index contributed by atoms with van der Waals surface area (Å²) in [5.41, 5.74) is 1.04. The van der Waals surface area contributed by atoms with Gasteiger partial charge in [-0.3, -0.25) is 4.79 Å². The minimum absolute atomic E-state index is 0.235. The van der Waals surface area contributed by atoms with E-state index in [0.29, 0.717) is 17.6 Å². The molecule has 1 aliphatic heterocycles. The molecule has 0 aromatic carbocycles. The number of nitrogens with zero attached hydrogens (tertiary/aromatic N) is 1. The van der Waals surface area contributed by atoms with Gasteiger partial charge in [0.2, 0.25) is 5.91 Å². The second-order valence-electron chi connectivity index (χ2n) is 5.23. The van der Waals surface area contributed by atoms with Crippen molar-refractivity contribution in [3.8, 4) is 0 Å². The number of aromatic amines is 1. The van der Waals surface area contributed by atoms with Crippen LogP contribution in [0.5, 0.6) is 0 Å². The molecule has 1 fully saturated rings. The number of amides is 1. The fraction of sp³-hybridized carbons (Fsp3) is 0.692. The number of carbonyl (C=O) groups is 1. The first-order chi connectivity index (χ1) is 8.97. The van der Waals surface area contributed by atoms with Crippen LogP contribution in [0.3, 0.4) is 0 Å². The van der Waals surface area contributed by atoms with Gasteiger partial charge in [-0.15, -0.1) is 11.3 Å². The minimum atomic E-state index is 0.235. The van der Waals surface area contributed by atoms with Gasteiger partial charge in [0.05, 0.1) is 6.42 Å². The number of thioether (sulfide) groups is 1. The Kier molecular flexibility index (Phi) is 5.09. The molecule has 1 atom stereocenters. The van der Waals surface area contributed by atoms with E-state index in [1.165, 1.54) is 11.3 Å². The topological polar surface area (TPSA) is 36.1 Å². The highest BCUT2D eigenvalue weighted by molar-refractivity contribution is 8.00. The van der Waals surface area contributed by atoms with Gasteiger partial charge in [0.1, 0.15) is 0 Å². The summed E-state index contributed by atoms with van der Waals surface area (Å²) >= 11 is 8.63. The minimum Gasteiger partial charge on any atom is -0.341 e. The Bertz CT molecular complexity index is 506. The summed E-state index contributed by atoms with van der Waals surface area (Å²) in [5, 5.41) is 0.572. The maximum absolute atomic E-state index is 12.4. The molecule has 2 rings (SSSR count). The summed E-state index contributed by atoms with van der Waals surface area (Å²) < 4.78 is 0.759. The normalized spacial score (nSPS) is 20.0. The first-order valence-electron chi connectivity index (χ1n) is 6.55. The first kappa shape index (κ1) is 15.1. The van der Waals surface area contributed by atoms with Crippen molar-refractivity contribution in [2.45, 2.75) is 32.4 Å². The molecule has 0 bridgehead atoms. The van der Waals surface area contributed by atoms with Gasteiger partial charge in [-0.05, 0) is 25.1 Å². The molecule has 106 valence electrons. The number of aromatic nitrogens is 1. The van der Waals surface area contributed by atoms with Gasteiger partial charge >= 0.3 is 0 Å². The Morgan fingerprint density at radius 2 is 2.32 bits per heavy atom. The Hall–Kier alpha value is -0.330. The number of aryl methyl sites for hydroxylation is 1. The van der Waals surface area contributed by atoms with Gasteiger partial charge in [-0.25, -0.2) is 0 Å². The van der Waals surface area contributed by atoms with E-state index < -0.39 is 0 Å². The van der Waals surface area contributed by atoms with Crippen LogP contribution in [0.25, 0.3) is 0 Å². The molecule has 0 radical (unpaired) electrons. The first-order valence-corrected chi connectivity index (χ1v) is 8.82. The molecular formula is C13H20N2OS3. The van der Waals surface area contributed by atoms with Crippen molar-refractivity contribution in [2.75, 3.05) is 18.8 Å². The van der Waals surface area contributed by atoms with E-state index in [4.69, 9.17) is 12.2 Å². The number of carbonyl (C=O) groups excluding carboxylic acids is 1. The predicted octanol–water partition coefficient (Wildman–Crippen LogP) is 3.26. The SMILES string of the molecule is Cc1[nH]c(=S)sc1CC(=O)N1CCS[C@@H](C(C)C)C1. The van der Waals surface area contributed by atoms with Gasteiger partial charge in [-0.2, -0.15) is 11.8 Å². The van der Waals surface area contributed by atoms with Gasteiger partial charge in [-0.1, -0.05) is 13.8 Å². The number of thiazole rings is 1. The number of hydrogen-bond donors (Lipinski definition) is 1. The molecule has 1 saturated heterocycles. The van der Waals surface area contributed by atoms with Crippen LogP contribution in [0.1, 0.15) is 24.4 Å². The highest BCUT2D eigenvalue weighted by atomic mass is 32.2. The van der Waals surface area contributed by atoms with Crippen molar-refractivity contribution in [3.63, 3.8) is 0 Å². The second kappa shape index (κ2) is 6.41. The van der Waals surface area contributed by atoms with Gasteiger partial charge in [0.15, 0.2) is 3.95 Å². The number of rotatable bonds is 3. The van der Waals surface area contributed by atoms with Gasteiger partial charge in [0, 0.05) is 34.7 Å². The predicted molar refractivity (Wildman–Crippen MR) is 85.6 cm³/mol. The molecule has 6 heteroatoms. The third kappa shape index (κ3) is 3.83. The molecule has 0 spiro atoms. The molecule has 3 nitrogen and oxygen atoms in total. The summed E-state index contributed by atoms with van der Waals surface area (Å²) in [4.78, 5) is 18.6. The lowest BCUT2D eigenvalue weighted by Crippen LogP contribution is -2.44. The van der Waals surface area contributed by atoms with Gasteiger partial charge in [0.25, 0.3) is 0 Å². The molecule has 1 amide bonds. The smallest absolute Gasteiger partial charge is 0.227 e. The molecule has 0 unspecified atom stereocenters. The van der Waals surface area contributed by atoms with Crippen molar-refractivity contribution < 1.29 is 4.79 Å². The average Bonchev–Trinajstić information content (AvgIpc) is 2.68. The Morgan fingerprint density at radius 1 is 1.58 bits per heavy atom. The number of H-pyrrole nitrogens is 1. The molecule has 1 N–H and O–H groups in total. The van der Waals surface area contributed by atoms with E-state index in [1.54, 1.807) is 0 Å². The zero-order valence-electron chi connectivity index (χ0n) is 11.6. The summed E-state index contributed by atoms with van der Waals surface area (Å²) in [5.74, 6) is 1.91. The monoisotopic (exact) mass is 316 g/mol. The Balaban J connectivity index is 2.00. The molecule has 19 heavy (non-hydrogen) atoms. The lowest BCUT2D eigenvalue weighted by Gasteiger charge is -2.34. The second-order valence-corrected chi connectivity index (χ2v) is 8.35. The van der Waals surface area contributed by atoms with Crippen LogP contribution in [0, 0.1) is 16.8 Å². The molecule has 1 aromatic heterocycles. The van der Waals surface area contributed by atoms with E-state index in [0.717, 1.165) is 33.4 Å². The molecule has 1 aromatic rings. The van der Waals surface area contributed by atoms with Crippen molar-refractivity contribution in [1.82, 2.24) is 9.88 Å². The van der Waals surface area contributed by atoms with Crippen LogP contribution in [-0.4, -0.2) is 39.9 Å². The highest BCUT2D eigenvalue weighted by Gasteiger charge is 2.26. The lowest BCUT2D eigenvalue weighted by molar-refractivity contribution is -0.130. The third-order valence-electron chi connectivity index (χ3n) is 3.43. The highest BCUT2D eigenvalue weighted by Crippen LogP contribution is 2.25. The molecule has 1 aliphatic rings. The van der Waals surface area contributed by atoms with E-state index in [2.05, 4.69) is 18.8 Å². The maximum Gasteiger partial charge on any atom is 0.227 e. The quantitative estimate of drug-likeness (QED) is 0.870. The van der Waals surface area contributed by atoms with Crippen LogP contribution in [0.2, 0.25) is 0 Å². The van der Waals surface area contributed by atoms with Crippen molar-refractivity contribution >= 4 is 41.2 Å². The molecule has 0 aliphatic carbocycles. The number of nitrogens with one attached hydrogen (secondary N) is 1. The average molecular weight is 317 g/mol. The lowest BCUT2D eigenvalue weighted by atomic mass is 10.1. The van der Waals surface area contributed by atoms with Crippen LogP contribution < -0.4 is 0 Å². The number of hydrogen-bond acceptors (Lipinski definition) is 4. The fourth-order valence-electron chi connectivity index (χ4n) is 2.16. The standard InChI is InChI=1S/C13H20N2OS3/c1-8(2)11-7-15(4-5-18-11)12(16)6-10-9(3)14-13(17)19-10/h8,11H,4-7H2,1-3H3,(H,14,17)/t11-/m1/s1. The third-order valence-corrected chi connectivity index (χ3v) is 6.30. The summed E-state index contributed by atoms with van der Waals surface area (Å²) in [6.07, 6.45) is 0.485. The largest absolute Gasteiger partial charge is 0.341 e. The van der Waals surface area contributed by atoms with Crippen LogP contribution in [0.4, 0.5) is 0 Å².